The summed E-state index contributed by atoms with van der Waals surface area (Å²) in [6.07, 6.45) is 93.1. The molecule has 0 bridgehead atoms. The smallest absolute Gasteiger partial charge is 0.306 e. The Morgan fingerprint density at radius 1 is 0.256 bits per heavy atom. The van der Waals surface area contributed by atoms with Gasteiger partial charge in [-0.1, -0.05) is 331 Å². The van der Waals surface area contributed by atoms with Gasteiger partial charge in [-0.05, 0) is 96.3 Å². The number of rotatable bonds is 65. The van der Waals surface area contributed by atoms with E-state index in [-0.39, 0.29) is 31.1 Å². The van der Waals surface area contributed by atoms with Gasteiger partial charge in [0.25, 0.3) is 0 Å². The largest absolute Gasteiger partial charge is 0.462 e. The first-order chi connectivity index (χ1) is 40.5. The molecule has 6 nitrogen and oxygen atoms in total. The third-order valence-corrected chi connectivity index (χ3v) is 15.6. The van der Waals surface area contributed by atoms with Gasteiger partial charge >= 0.3 is 17.9 Å². The van der Waals surface area contributed by atoms with Gasteiger partial charge in [-0.2, -0.15) is 0 Å². The second-order valence-corrected chi connectivity index (χ2v) is 23.8. The van der Waals surface area contributed by atoms with E-state index < -0.39 is 6.10 Å². The van der Waals surface area contributed by atoms with Gasteiger partial charge in [0, 0.05) is 19.3 Å². The SMILES string of the molecule is CC/C=C\C/C=C\C/C=C\C/C=C\CCCCCCCCCCCCCCC(=O)OCC(COC(=O)CCCCCCCCCCCCCCCCCC)OC(=O)CCCCCCCCCC/C=C\C/C=C\C/C=C\CCCCCCC. The van der Waals surface area contributed by atoms with Gasteiger partial charge in [0.05, 0.1) is 0 Å². The summed E-state index contributed by atoms with van der Waals surface area (Å²) < 4.78 is 17.0. The lowest BCUT2D eigenvalue weighted by atomic mass is 10.0. The van der Waals surface area contributed by atoms with Crippen molar-refractivity contribution in [1.29, 1.82) is 0 Å². The van der Waals surface area contributed by atoms with Crippen LogP contribution in [0.2, 0.25) is 0 Å². The maximum Gasteiger partial charge on any atom is 0.306 e. The van der Waals surface area contributed by atoms with Gasteiger partial charge in [0.1, 0.15) is 13.2 Å². The Hall–Kier alpha value is -3.41. The van der Waals surface area contributed by atoms with Crippen molar-refractivity contribution in [2.24, 2.45) is 0 Å². The molecule has 0 aromatic heterocycles. The van der Waals surface area contributed by atoms with Crippen molar-refractivity contribution in [2.45, 2.75) is 367 Å². The van der Waals surface area contributed by atoms with E-state index in [2.05, 4.69) is 106 Å². The second kappa shape index (κ2) is 70.1. The van der Waals surface area contributed by atoms with Crippen molar-refractivity contribution in [3.8, 4) is 0 Å². The summed E-state index contributed by atoms with van der Waals surface area (Å²) in [6, 6.07) is 0. The van der Waals surface area contributed by atoms with Gasteiger partial charge in [-0.25, -0.2) is 0 Å². The summed E-state index contributed by atoms with van der Waals surface area (Å²) >= 11 is 0. The number of hydrogen-bond acceptors (Lipinski definition) is 6. The molecule has 6 heteroatoms. The molecular formula is C76H134O6. The third kappa shape index (κ3) is 67.4. The Labute approximate surface area is 509 Å². The maximum absolute atomic E-state index is 13.0. The van der Waals surface area contributed by atoms with Crippen molar-refractivity contribution >= 4 is 17.9 Å². The number of unbranched alkanes of at least 4 members (excludes halogenated alkanes) is 40. The average molecular weight is 1140 g/mol. The molecule has 0 aromatic carbocycles. The molecule has 0 spiro atoms. The molecule has 0 saturated carbocycles. The van der Waals surface area contributed by atoms with Crippen LogP contribution in [0.5, 0.6) is 0 Å². The molecule has 0 N–H and O–H groups in total. The van der Waals surface area contributed by atoms with E-state index in [1.54, 1.807) is 0 Å². The molecular weight excluding hydrogens is 1010 g/mol. The monoisotopic (exact) mass is 1140 g/mol. The summed E-state index contributed by atoms with van der Waals surface area (Å²) in [5.74, 6) is -0.864. The molecule has 0 rings (SSSR count). The molecule has 0 heterocycles. The standard InChI is InChI=1S/C76H134O6/c1-4-7-10-13-16-19-22-25-28-31-33-35-37-38-40-41-43-45-48-51-54-57-60-63-66-69-75(78)81-72-73(71-80-74(77)68-65-62-59-56-53-50-47-30-27-24-21-18-15-12-9-6-3)82-76(79)70-67-64-61-58-55-52-49-46-44-42-39-36-34-32-29-26-23-20-17-14-11-8-5-2/h7,10,16,19,23,25-26,28,32-35,39,42,73H,4-6,8-9,11-15,17-18,20-22,24,27,29-31,36-38,40-41,43-72H2,1-3H3/b10-7-,19-16-,26-23-,28-25-,34-32-,35-33-,42-39-. The highest BCUT2D eigenvalue weighted by molar-refractivity contribution is 5.71. The minimum absolute atomic E-state index is 0.0759. The number of allylic oxidation sites excluding steroid dienone is 14. The van der Waals surface area contributed by atoms with Crippen LogP contribution < -0.4 is 0 Å². The van der Waals surface area contributed by atoms with Crippen LogP contribution in [0, 0.1) is 0 Å². The topological polar surface area (TPSA) is 78.9 Å². The zero-order valence-electron chi connectivity index (χ0n) is 54.5. The van der Waals surface area contributed by atoms with Gasteiger partial charge in [-0.3, -0.25) is 14.4 Å². The molecule has 0 radical (unpaired) electrons. The van der Waals surface area contributed by atoms with Crippen LogP contribution in [0.25, 0.3) is 0 Å². The molecule has 0 aliphatic rings. The molecule has 1 atom stereocenters. The van der Waals surface area contributed by atoms with Crippen molar-refractivity contribution < 1.29 is 28.6 Å². The first-order valence-corrected chi connectivity index (χ1v) is 35.6. The molecule has 0 amide bonds. The van der Waals surface area contributed by atoms with Gasteiger partial charge < -0.3 is 14.2 Å². The van der Waals surface area contributed by atoms with Crippen LogP contribution in [0.3, 0.4) is 0 Å². The lowest BCUT2D eigenvalue weighted by molar-refractivity contribution is -0.167. The minimum atomic E-state index is -0.782. The highest BCUT2D eigenvalue weighted by Gasteiger charge is 2.19. The fourth-order valence-corrected chi connectivity index (χ4v) is 10.3. The molecule has 474 valence electrons. The molecule has 82 heavy (non-hydrogen) atoms. The Morgan fingerprint density at radius 2 is 0.476 bits per heavy atom. The first kappa shape index (κ1) is 78.6. The normalized spacial score (nSPS) is 12.6. The van der Waals surface area contributed by atoms with Crippen LogP contribution >= 0.6 is 0 Å². The van der Waals surface area contributed by atoms with Crippen molar-refractivity contribution in [3.05, 3.63) is 85.1 Å². The average Bonchev–Trinajstić information content (AvgIpc) is 3.47. The quantitative estimate of drug-likeness (QED) is 0.0261. The minimum Gasteiger partial charge on any atom is -0.462 e. The van der Waals surface area contributed by atoms with E-state index in [4.69, 9.17) is 14.2 Å². The van der Waals surface area contributed by atoms with E-state index in [9.17, 15) is 14.4 Å². The van der Waals surface area contributed by atoms with Crippen molar-refractivity contribution in [1.82, 2.24) is 0 Å². The molecule has 0 aromatic rings. The van der Waals surface area contributed by atoms with E-state index in [0.717, 1.165) is 103 Å². The molecule has 1 unspecified atom stereocenters. The molecule has 0 fully saturated rings. The molecule has 0 aliphatic heterocycles. The Morgan fingerprint density at radius 3 is 0.744 bits per heavy atom. The Kier molecular flexibility index (Phi) is 67.2. The van der Waals surface area contributed by atoms with E-state index in [1.807, 2.05) is 0 Å². The lowest BCUT2D eigenvalue weighted by Gasteiger charge is -2.18. The first-order valence-electron chi connectivity index (χ1n) is 35.6. The highest BCUT2D eigenvalue weighted by Crippen LogP contribution is 2.18. The zero-order valence-corrected chi connectivity index (χ0v) is 54.5. The summed E-state index contributed by atoms with van der Waals surface area (Å²) in [7, 11) is 0. The summed E-state index contributed by atoms with van der Waals surface area (Å²) in [6.45, 7) is 6.56. The van der Waals surface area contributed by atoms with E-state index >= 15 is 0 Å². The number of carbonyl (C=O) groups excluding carboxylic acids is 3. The predicted octanol–water partition coefficient (Wildman–Crippen LogP) is 24.6. The lowest BCUT2D eigenvalue weighted by Crippen LogP contribution is -2.30. The summed E-state index contributed by atoms with van der Waals surface area (Å²) in [4.78, 5) is 38.5. The Balaban J connectivity index is 4.34. The van der Waals surface area contributed by atoms with Crippen molar-refractivity contribution in [3.63, 3.8) is 0 Å². The van der Waals surface area contributed by atoms with Crippen LogP contribution in [-0.2, 0) is 28.6 Å². The van der Waals surface area contributed by atoms with E-state index in [0.29, 0.717) is 19.3 Å². The van der Waals surface area contributed by atoms with E-state index in [1.165, 1.54) is 218 Å². The summed E-state index contributed by atoms with van der Waals surface area (Å²) in [5, 5.41) is 0. The number of carbonyl (C=O) groups is 3. The van der Waals surface area contributed by atoms with Crippen LogP contribution in [0.15, 0.2) is 85.1 Å². The molecule has 0 aliphatic carbocycles. The number of ether oxygens (including phenoxy) is 3. The van der Waals surface area contributed by atoms with Crippen molar-refractivity contribution in [2.75, 3.05) is 13.2 Å². The number of hydrogen-bond donors (Lipinski definition) is 0. The molecule has 0 saturated heterocycles. The Bertz CT molecular complexity index is 1550. The van der Waals surface area contributed by atoms with Crippen LogP contribution in [0.1, 0.15) is 361 Å². The zero-order chi connectivity index (χ0) is 59.2. The highest BCUT2D eigenvalue weighted by atomic mass is 16.6. The summed E-state index contributed by atoms with van der Waals surface area (Å²) in [5.41, 5.74) is 0. The van der Waals surface area contributed by atoms with Gasteiger partial charge in [0.15, 0.2) is 6.10 Å². The fourth-order valence-electron chi connectivity index (χ4n) is 10.3. The maximum atomic E-state index is 13.0. The fraction of sp³-hybridized carbons (Fsp3) is 0.776. The predicted molar refractivity (Wildman–Crippen MR) is 358 cm³/mol. The van der Waals surface area contributed by atoms with Gasteiger partial charge in [0.2, 0.25) is 0 Å². The third-order valence-electron chi connectivity index (χ3n) is 15.6. The van der Waals surface area contributed by atoms with Gasteiger partial charge in [-0.15, -0.1) is 0 Å². The second-order valence-electron chi connectivity index (χ2n) is 23.8. The van der Waals surface area contributed by atoms with Crippen LogP contribution in [-0.4, -0.2) is 37.2 Å². The number of esters is 3. The van der Waals surface area contributed by atoms with Crippen LogP contribution in [0.4, 0.5) is 0 Å².